The van der Waals surface area contributed by atoms with Crippen LogP contribution in [0.5, 0.6) is 0 Å². The van der Waals surface area contributed by atoms with Crippen LogP contribution in [-0.2, 0) is 12.8 Å². The average Bonchev–Trinajstić information content (AvgIpc) is 2.47. The lowest BCUT2D eigenvalue weighted by atomic mass is 9.98. The largest absolute Gasteiger partial charge is 0.341 e. The Kier molecular flexibility index (Phi) is 3.75. The molecule has 2 aromatic carbocycles. The number of nitrogens with two attached hydrogens (primary N) is 1. The van der Waals surface area contributed by atoms with Crippen LogP contribution in [0.2, 0.25) is 0 Å². The van der Waals surface area contributed by atoms with E-state index in [1.54, 1.807) is 0 Å². The summed E-state index contributed by atoms with van der Waals surface area (Å²) in [5.74, 6) is 0. The van der Waals surface area contributed by atoms with E-state index in [4.69, 9.17) is 5.73 Å². The third-order valence-corrected chi connectivity index (χ3v) is 3.93. The van der Waals surface area contributed by atoms with Gasteiger partial charge in [-0.05, 0) is 49.4 Å². The van der Waals surface area contributed by atoms with Crippen molar-refractivity contribution in [2.24, 2.45) is 5.73 Å². The summed E-state index contributed by atoms with van der Waals surface area (Å²) in [7, 11) is 0. The van der Waals surface area contributed by atoms with E-state index in [2.05, 4.69) is 60.4 Å². The highest BCUT2D eigenvalue weighted by Crippen LogP contribution is 2.35. The Morgan fingerprint density at radius 3 is 2.55 bits per heavy atom. The lowest BCUT2D eigenvalue weighted by molar-refractivity contribution is 0.726. The number of hydrogen-bond donors (Lipinski definition) is 1. The highest BCUT2D eigenvalue weighted by molar-refractivity contribution is 5.70. The van der Waals surface area contributed by atoms with E-state index < -0.39 is 0 Å². The van der Waals surface area contributed by atoms with Crippen LogP contribution in [0.3, 0.4) is 0 Å². The molecule has 2 nitrogen and oxygen atoms in total. The quantitative estimate of drug-likeness (QED) is 0.918. The van der Waals surface area contributed by atoms with Crippen LogP contribution >= 0.6 is 0 Å². The number of aryl methyl sites for hydroxylation is 1. The molecule has 0 bridgehead atoms. The van der Waals surface area contributed by atoms with Gasteiger partial charge in [0.15, 0.2) is 0 Å². The van der Waals surface area contributed by atoms with Gasteiger partial charge < -0.3 is 10.6 Å². The Labute approximate surface area is 121 Å². The minimum atomic E-state index is 0.191. The number of para-hydroxylation sites is 2. The van der Waals surface area contributed by atoms with Gasteiger partial charge >= 0.3 is 0 Å². The van der Waals surface area contributed by atoms with Gasteiger partial charge in [0.25, 0.3) is 0 Å². The lowest BCUT2D eigenvalue weighted by Crippen LogP contribution is -2.26. The fraction of sp³-hybridized carbons (Fsp3) is 0.333. The fourth-order valence-corrected chi connectivity index (χ4v) is 3.08. The van der Waals surface area contributed by atoms with Crippen molar-refractivity contribution in [3.8, 4) is 0 Å². The standard InChI is InChI=1S/C18H22N2/c1-14(19)13-16-8-3-5-11-18(16)20-12-6-9-15-7-2-4-10-17(15)20/h2-5,7-8,10-11,14H,6,9,12-13,19H2,1H3. The molecule has 1 heterocycles. The zero-order valence-electron chi connectivity index (χ0n) is 12.0. The molecule has 0 aliphatic carbocycles. The molecule has 0 saturated carbocycles. The summed E-state index contributed by atoms with van der Waals surface area (Å²) < 4.78 is 0. The molecule has 0 aromatic heterocycles. The molecule has 0 fully saturated rings. The first kappa shape index (κ1) is 13.2. The molecule has 0 radical (unpaired) electrons. The normalized spacial score (nSPS) is 15.8. The minimum absolute atomic E-state index is 0.191. The Balaban J connectivity index is 2.02. The van der Waals surface area contributed by atoms with Gasteiger partial charge in [0, 0.05) is 24.0 Å². The summed E-state index contributed by atoms with van der Waals surface area (Å²) in [5, 5.41) is 0. The van der Waals surface area contributed by atoms with Crippen molar-refractivity contribution in [1.82, 2.24) is 0 Å². The van der Waals surface area contributed by atoms with Crippen molar-refractivity contribution in [1.29, 1.82) is 0 Å². The number of nitrogens with zero attached hydrogens (tertiary/aromatic N) is 1. The molecule has 2 N–H and O–H groups in total. The summed E-state index contributed by atoms with van der Waals surface area (Å²) in [4.78, 5) is 2.45. The summed E-state index contributed by atoms with van der Waals surface area (Å²) in [5.41, 5.74) is 11.5. The summed E-state index contributed by atoms with van der Waals surface area (Å²) in [6, 6.07) is 17.6. The van der Waals surface area contributed by atoms with Gasteiger partial charge in [-0.2, -0.15) is 0 Å². The van der Waals surface area contributed by atoms with Crippen LogP contribution in [-0.4, -0.2) is 12.6 Å². The Morgan fingerprint density at radius 1 is 1.05 bits per heavy atom. The topological polar surface area (TPSA) is 29.3 Å². The maximum absolute atomic E-state index is 6.00. The van der Waals surface area contributed by atoms with Gasteiger partial charge in [0.2, 0.25) is 0 Å². The van der Waals surface area contributed by atoms with Gasteiger partial charge in [0.05, 0.1) is 0 Å². The summed E-state index contributed by atoms with van der Waals surface area (Å²) >= 11 is 0. The highest BCUT2D eigenvalue weighted by atomic mass is 15.1. The van der Waals surface area contributed by atoms with Crippen LogP contribution in [0, 0.1) is 0 Å². The molecule has 2 heteroatoms. The molecule has 1 atom stereocenters. The molecule has 2 aromatic rings. The van der Waals surface area contributed by atoms with Crippen molar-refractivity contribution in [2.75, 3.05) is 11.4 Å². The molecule has 1 aliphatic rings. The van der Waals surface area contributed by atoms with E-state index in [1.807, 2.05) is 0 Å². The smallest absolute Gasteiger partial charge is 0.0443 e. The zero-order valence-corrected chi connectivity index (χ0v) is 12.0. The maximum Gasteiger partial charge on any atom is 0.0443 e. The molecule has 0 spiro atoms. The van der Waals surface area contributed by atoms with Crippen LogP contribution < -0.4 is 10.6 Å². The molecular formula is C18H22N2. The van der Waals surface area contributed by atoms with Crippen molar-refractivity contribution >= 4 is 11.4 Å². The van der Waals surface area contributed by atoms with E-state index >= 15 is 0 Å². The second-order valence-corrected chi connectivity index (χ2v) is 5.69. The van der Waals surface area contributed by atoms with Crippen molar-refractivity contribution in [3.63, 3.8) is 0 Å². The van der Waals surface area contributed by atoms with Gasteiger partial charge in [-0.15, -0.1) is 0 Å². The van der Waals surface area contributed by atoms with E-state index in [-0.39, 0.29) is 6.04 Å². The first-order chi connectivity index (χ1) is 9.75. The second-order valence-electron chi connectivity index (χ2n) is 5.69. The maximum atomic E-state index is 6.00. The predicted molar refractivity (Wildman–Crippen MR) is 85.6 cm³/mol. The second kappa shape index (κ2) is 5.68. The monoisotopic (exact) mass is 266 g/mol. The Hall–Kier alpha value is -1.80. The third-order valence-electron chi connectivity index (χ3n) is 3.93. The minimum Gasteiger partial charge on any atom is -0.341 e. The first-order valence-corrected chi connectivity index (χ1v) is 7.44. The van der Waals surface area contributed by atoms with Crippen LogP contribution in [0.25, 0.3) is 0 Å². The molecule has 20 heavy (non-hydrogen) atoms. The Morgan fingerprint density at radius 2 is 1.75 bits per heavy atom. The molecule has 0 saturated heterocycles. The molecule has 1 aliphatic heterocycles. The van der Waals surface area contributed by atoms with Crippen molar-refractivity contribution in [3.05, 3.63) is 59.7 Å². The average molecular weight is 266 g/mol. The van der Waals surface area contributed by atoms with Crippen molar-refractivity contribution < 1.29 is 0 Å². The summed E-state index contributed by atoms with van der Waals surface area (Å²) in [6.07, 6.45) is 3.32. The number of fused-ring (bicyclic) bond motifs is 1. The molecule has 1 unspecified atom stereocenters. The van der Waals surface area contributed by atoms with Gasteiger partial charge in [-0.3, -0.25) is 0 Å². The van der Waals surface area contributed by atoms with E-state index in [1.165, 1.54) is 35.3 Å². The molecule has 0 amide bonds. The van der Waals surface area contributed by atoms with E-state index in [9.17, 15) is 0 Å². The molecule has 3 rings (SSSR count). The van der Waals surface area contributed by atoms with E-state index in [0.717, 1.165) is 13.0 Å². The van der Waals surface area contributed by atoms with Crippen LogP contribution in [0.1, 0.15) is 24.5 Å². The number of benzene rings is 2. The van der Waals surface area contributed by atoms with Gasteiger partial charge in [-0.1, -0.05) is 36.4 Å². The van der Waals surface area contributed by atoms with Crippen LogP contribution in [0.4, 0.5) is 11.4 Å². The zero-order chi connectivity index (χ0) is 13.9. The number of anilines is 2. The predicted octanol–water partition coefficient (Wildman–Crippen LogP) is 3.66. The third kappa shape index (κ3) is 2.56. The van der Waals surface area contributed by atoms with E-state index in [0.29, 0.717) is 0 Å². The highest BCUT2D eigenvalue weighted by Gasteiger charge is 2.19. The SMILES string of the molecule is CC(N)Cc1ccccc1N1CCCc2ccccc21. The number of rotatable bonds is 3. The van der Waals surface area contributed by atoms with Crippen molar-refractivity contribution in [2.45, 2.75) is 32.2 Å². The lowest BCUT2D eigenvalue weighted by Gasteiger charge is -2.33. The molecule has 104 valence electrons. The van der Waals surface area contributed by atoms with Crippen LogP contribution in [0.15, 0.2) is 48.5 Å². The Bertz CT molecular complexity index is 589. The summed E-state index contributed by atoms with van der Waals surface area (Å²) in [6.45, 7) is 3.16. The fourth-order valence-electron chi connectivity index (χ4n) is 3.08. The molecular weight excluding hydrogens is 244 g/mol. The first-order valence-electron chi connectivity index (χ1n) is 7.44. The van der Waals surface area contributed by atoms with Gasteiger partial charge in [-0.25, -0.2) is 0 Å². The number of hydrogen-bond acceptors (Lipinski definition) is 2. The van der Waals surface area contributed by atoms with Gasteiger partial charge in [0.1, 0.15) is 0 Å².